The number of nitrogens with two attached hydrogens (primary N) is 1. The van der Waals surface area contributed by atoms with Crippen LogP contribution >= 0.6 is 11.6 Å². The van der Waals surface area contributed by atoms with E-state index in [2.05, 4.69) is 0 Å². The molecule has 106 valence electrons. The third-order valence-corrected chi connectivity index (χ3v) is 3.75. The van der Waals surface area contributed by atoms with E-state index in [1.54, 1.807) is 12.1 Å². The molecule has 4 heteroatoms. The summed E-state index contributed by atoms with van der Waals surface area (Å²) in [6.07, 6.45) is 0. The zero-order valence-electron chi connectivity index (χ0n) is 11.6. The van der Waals surface area contributed by atoms with Crippen LogP contribution in [0.1, 0.15) is 17.2 Å². The Hall–Kier alpha value is -1.58. The fourth-order valence-corrected chi connectivity index (χ4v) is 2.64. The molecule has 2 N–H and O–H groups in total. The third kappa shape index (κ3) is 2.94. The molecule has 20 heavy (non-hydrogen) atoms. The van der Waals surface area contributed by atoms with Crippen molar-refractivity contribution >= 4 is 17.3 Å². The minimum Gasteiger partial charge on any atom is -0.364 e. The van der Waals surface area contributed by atoms with E-state index in [1.165, 1.54) is 6.07 Å². The molecule has 0 radical (unpaired) electrons. The molecule has 0 heterocycles. The Morgan fingerprint density at radius 1 is 1.25 bits per heavy atom. The molecule has 2 aromatic rings. The zero-order valence-corrected chi connectivity index (χ0v) is 12.4. The van der Waals surface area contributed by atoms with Crippen LogP contribution in [0.3, 0.4) is 0 Å². The molecule has 0 aliphatic carbocycles. The maximum Gasteiger partial charge on any atom is 0.146 e. The highest BCUT2D eigenvalue weighted by molar-refractivity contribution is 6.30. The average Bonchev–Trinajstić information content (AvgIpc) is 2.42. The first-order valence-corrected chi connectivity index (χ1v) is 6.86. The summed E-state index contributed by atoms with van der Waals surface area (Å²) in [6.45, 7) is 2.38. The van der Waals surface area contributed by atoms with E-state index < -0.39 is 0 Å². The van der Waals surface area contributed by atoms with Crippen molar-refractivity contribution in [1.29, 1.82) is 0 Å². The summed E-state index contributed by atoms with van der Waals surface area (Å²) in [6, 6.07) is 12.3. The number of rotatable bonds is 4. The minimum absolute atomic E-state index is 0.0934. The van der Waals surface area contributed by atoms with Crippen LogP contribution in [0.2, 0.25) is 5.02 Å². The Morgan fingerprint density at radius 3 is 2.55 bits per heavy atom. The van der Waals surface area contributed by atoms with E-state index in [1.807, 2.05) is 43.1 Å². The van der Waals surface area contributed by atoms with Gasteiger partial charge in [-0.3, -0.25) is 0 Å². The van der Waals surface area contributed by atoms with Crippen LogP contribution in [0.4, 0.5) is 10.1 Å². The molecular formula is C16H18ClFN2. The summed E-state index contributed by atoms with van der Waals surface area (Å²) in [5.41, 5.74) is 8.55. The van der Waals surface area contributed by atoms with Crippen molar-refractivity contribution in [2.45, 2.75) is 13.0 Å². The molecule has 0 aliphatic heterocycles. The smallest absolute Gasteiger partial charge is 0.146 e. The maximum atomic E-state index is 13.9. The maximum absolute atomic E-state index is 13.9. The highest BCUT2D eigenvalue weighted by Gasteiger charge is 2.20. The summed E-state index contributed by atoms with van der Waals surface area (Å²) < 4.78 is 13.9. The van der Waals surface area contributed by atoms with Crippen molar-refractivity contribution in [1.82, 2.24) is 0 Å². The van der Waals surface area contributed by atoms with E-state index in [4.69, 9.17) is 17.3 Å². The van der Waals surface area contributed by atoms with Crippen molar-refractivity contribution in [3.63, 3.8) is 0 Å². The van der Waals surface area contributed by atoms with Gasteiger partial charge in [0, 0.05) is 18.6 Å². The second-order valence-electron chi connectivity index (χ2n) is 4.81. The monoisotopic (exact) mass is 292 g/mol. The topological polar surface area (TPSA) is 29.3 Å². The van der Waals surface area contributed by atoms with Gasteiger partial charge in [-0.25, -0.2) is 4.39 Å². The normalized spacial score (nSPS) is 12.2. The summed E-state index contributed by atoms with van der Waals surface area (Å²) in [4.78, 5) is 1.87. The highest BCUT2D eigenvalue weighted by Crippen LogP contribution is 2.29. The molecule has 2 rings (SSSR count). The number of hydrogen-bond donors (Lipinski definition) is 1. The van der Waals surface area contributed by atoms with E-state index >= 15 is 0 Å². The van der Waals surface area contributed by atoms with Crippen LogP contribution in [0.5, 0.6) is 0 Å². The Balaban J connectivity index is 2.39. The number of halogens is 2. The van der Waals surface area contributed by atoms with Gasteiger partial charge in [-0.15, -0.1) is 0 Å². The van der Waals surface area contributed by atoms with Gasteiger partial charge in [0.05, 0.1) is 11.7 Å². The zero-order chi connectivity index (χ0) is 14.7. The van der Waals surface area contributed by atoms with Crippen LogP contribution in [0, 0.1) is 12.7 Å². The van der Waals surface area contributed by atoms with Gasteiger partial charge in [0.1, 0.15) is 5.82 Å². The van der Waals surface area contributed by atoms with Crippen LogP contribution in [-0.2, 0) is 0 Å². The van der Waals surface area contributed by atoms with E-state index in [0.717, 1.165) is 11.1 Å². The van der Waals surface area contributed by atoms with Gasteiger partial charge in [0.15, 0.2) is 0 Å². The second-order valence-corrected chi connectivity index (χ2v) is 5.25. The molecule has 0 saturated carbocycles. The van der Waals surface area contributed by atoms with Crippen molar-refractivity contribution in [2.24, 2.45) is 5.73 Å². The van der Waals surface area contributed by atoms with Crippen molar-refractivity contribution in [2.75, 3.05) is 18.5 Å². The first-order valence-electron chi connectivity index (χ1n) is 6.48. The summed E-state index contributed by atoms with van der Waals surface area (Å²) in [5, 5.41) is 0.690. The Morgan fingerprint density at radius 2 is 1.95 bits per heavy atom. The molecule has 0 saturated heterocycles. The number of benzene rings is 2. The lowest BCUT2D eigenvalue weighted by molar-refractivity contribution is 0.602. The second kappa shape index (κ2) is 6.25. The van der Waals surface area contributed by atoms with Crippen LogP contribution in [-0.4, -0.2) is 13.6 Å². The van der Waals surface area contributed by atoms with Crippen LogP contribution < -0.4 is 10.6 Å². The molecule has 0 fully saturated rings. The van der Waals surface area contributed by atoms with Gasteiger partial charge in [-0.1, -0.05) is 29.8 Å². The van der Waals surface area contributed by atoms with Crippen molar-refractivity contribution in [3.05, 3.63) is 64.4 Å². The van der Waals surface area contributed by atoms with Crippen LogP contribution in [0.15, 0.2) is 42.5 Å². The van der Waals surface area contributed by atoms with Gasteiger partial charge < -0.3 is 10.6 Å². The number of anilines is 1. The third-order valence-electron chi connectivity index (χ3n) is 3.51. The highest BCUT2D eigenvalue weighted by atomic mass is 35.5. The Labute approximate surface area is 124 Å². The first-order chi connectivity index (χ1) is 9.54. The number of hydrogen-bond acceptors (Lipinski definition) is 2. The lowest BCUT2D eigenvalue weighted by Crippen LogP contribution is -2.31. The molecule has 0 bridgehead atoms. The quantitative estimate of drug-likeness (QED) is 0.925. The number of aryl methyl sites for hydroxylation is 1. The molecule has 0 aliphatic rings. The predicted molar refractivity (Wildman–Crippen MR) is 82.8 cm³/mol. The van der Waals surface area contributed by atoms with Gasteiger partial charge in [-0.05, 0) is 42.3 Å². The summed E-state index contributed by atoms with van der Waals surface area (Å²) >= 11 is 5.98. The summed E-state index contributed by atoms with van der Waals surface area (Å²) in [7, 11) is 1.85. The number of nitrogens with zero attached hydrogens (tertiary/aromatic N) is 1. The molecule has 2 nitrogen and oxygen atoms in total. The fraction of sp³-hybridized carbons (Fsp3) is 0.250. The lowest BCUT2D eigenvalue weighted by Gasteiger charge is -2.30. The van der Waals surface area contributed by atoms with E-state index in [9.17, 15) is 4.39 Å². The SMILES string of the molecule is Cc1cc(Cl)ccc1C(CN)N(C)c1ccccc1F. The van der Waals surface area contributed by atoms with Gasteiger partial charge in [0.2, 0.25) is 0 Å². The van der Waals surface area contributed by atoms with Gasteiger partial charge in [-0.2, -0.15) is 0 Å². The molecular weight excluding hydrogens is 275 g/mol. The summed E-state index contributed by atoms with van der Waals surface area (Å²) in [5.74, 6) is -0.250. The predicted octanol–water partition coefficient (Wildman–Crippen LogP) is 3.92. The van der Waals surface area contributed by atoms with Crippen LogP contribution in [0.25, 0.3) is 0 Å². The first kappa shape index (κ1) is 14.8. The standard InChI is InChI=1S/C16H18ClFN2/c1-11-9-12(17)7-8-13(11)16(10-19)20(2)15-6-4-3-5-14(15)18/h3-9,16H,10,19H2,1-2H3. The number of likely N-dealkylation sites (N-methyl/N-ethyl adjacent to an activating group) is 1. The minimum atomic E-state index is -0.250. The van der Waals surface area contributed by atoms with Crippen molar-refractivity contribution < 1.29 is 4.39 Å². The molecule has 1 unspecified atom stereocenters. The Kier molecular flexibility index (Phi) is 4.63. The van der Waals surface area contributed by atoms with Crippen molar-refractivity contribution in [3.8, 4) is 0 Å². The average molecular weight is 293 g/mol. The molecule has 2 aromatic carbocycles. The van der Waals surface area contributed by atoms with Gasteiger partial charge >= 0.3 is 0 Å². The Bertz CT molecular complexity index is 601. The number of para-hydroxylation sites is 1. The lowest BCUT2D eigenvalue weighted by atomic mass is 9.99. The molecule has 0 amide bonds. The molecule has 0 aromatic heterocycles. The van der Waals surface area contributed by atoms with E-state index in [0.29, 0.717) is 17.3 Å². The molecule has 0 spiro atoms. The fourth-order valence-electron chi connectivity index (χ4n) is 2.41. The van der Waals surface area contributed by atoms with Gasteiger partial charge in [0.25, 0.3) is 0 Å². The van der Waals surface area contributed by atoms with E-state index in [-0.39, 0.29) is 11.9 Å². The largest absolute Gasteiger partial charge is 0.364 e. The molecule has 1 atom stereocenters.